The Bertz CT molecular complexity index is 924. The molecule has 0 bridgehead atoms. The van der Waals surface area contributed by atoms with Gasteiger partial charge in [0.05, 0.1) is 6.26 Å². The first-order chi connectivity index (χ1) is 13.4. The molecule has 0 saturated heterocycles. The van der Waals surface area contributed by atoms with Crippen LogP contribution in [0.5, 0.6) is 11.5 Å². The fraction of sp³-hybridized carbons (Fsp3) is 0.611. The SMILES string of the molecule is CC(=O)OC[C@@]1(COS(C)(=O)=O)CCc2c(C)c(OOS(C)=O)c(C)c(C)c2O1. The van der Waals surface area contributed by atoms with Crippen LogP contribution in [-0.4, -0.2) is 49.9 Å². The molecule has 0 aliphatic carbocycles. The molecule has 0 saturated carbocycles. The molecule has 0 N–H and O–H groups in total. The molecule has 0 amide bonds. The summed E-state index contributed by atoms with van der Waals surface area (Å²) in [6, 6.07) is 0. The molecule has 11 heteroatoms. The second-order valence-corrected chi connectivity index (χ2v) is 9.68. The van der Waals surface area contributed by atoms with E-state index in [4.69, 9.17) is 22.9 Å². The van der Waals surface area contributed by atoms with Crippen molar-refractivity contribution in [3.63, 3.8) is 0 Å². The molecule has 1 aliphatic heterocycles. The van der Waals surface area contributed by atoms with E-state index < -0.39 is 32.8 Å². The van der Waals surface area contributed by atoms with E-state index in [2.05, 4.69) is 0 Å². The molecule has 1 aliphatic rings. The maximum atomic E-state index is 11.5. The van der Waals surface area contributed by atoms with Crippen LogP contribution in [0.4, 0.5) is 0 Å². The molecule has 2 atom stereocenters. The van der Waals surface area contributed by atoms with E-state index in [1.54, 1.807) is 6.92 Å². The summed E-state index contributed by atoms with van der Waals surface area (Å²) in [6.07, 6.45) is 3.16. The molecule has 164 valence electrons. The lowest BCUT2D eigenvalue weighted by Crippen LogP contribution is -2.49. The van der Waals surface area contributed by atoms with Gasteiger partial charge in [-0.05, 0) is 39.2 Å². The predicted octanol–water partition coefficient (Wildman–Crippen LogP) is 1.82. The van der Waals surface area contributed by atoms with Crippen LogP contribution in [0.1, 0.15) is 35.6 Å². The number of benzene rings is 1. The van der Waals surface area contributed by atoms with Crippen LogP contribution in [-0.2, 0) is 45.7 Å². The molecule has 2 rings (SSSR count). The summed E-state index contributed by atoms with van der Waals surface area (Å²) in [5.41, 5.74) is 1.94. The molecule has 29 heavy (non-hydrogen) atoms. The molecule has 0 radical (unpaired) electrons. The third-order valence-corrected chi connectivity index (χ3v) is 5.55. The van der Waals surface area contributed by atoms with Crippen molar-refractivity contribution in [2.45, 2.75) is 46.1 Å². The third kappa shape index (κ3) is 5.91. The average Bonchev–Trinajstić information content (AvgIpc) is 2.62. The molecule has 0 spiro atoms. The van der Waals surface area contributed by atoms with E-state index >= 15 is 0 Å². The number of hydrogen-bond acceptors (Lipinski definition) is 9. The second kappa shape index (κ2) is 8.99. The Morgan fingerprint density at radius 1 is 1.17 bits per heavy atom. The minimum Gasteiger partial charge on any atom is -0.481 e. The van der Waals surface area contributed by atoms with Gasteiger partial charge in [0, 0.05) is 29.9 Å². The molecule has 1 heterocycles. The van der Waals surface area contributed by atoms with E-state index in [0.29, 0.717) is 24.3 Å². The number of ether oxygens (including phenoxy) is 2. The molecule has 1 aromatic rings. The molecule has 1 unspecified atom stereocenters. The zero-order chi connectivity index (χ0) is 22.0. The Labute approximate surface area is 173 Å². The summed E-state index contributed by atoms with van der Waals surface area (Å²) in [4.78, 5) is 16.6. The molecule has 1 aromatic carbocycles. The highest BCUT2D eigenvalue weighted by Crippen LogP contribution is 2.44. The van der Waals surface area contributed by atoms with Gasteiger partial charge < -0.3 is 14.4 Å². The smallest absolute Gasteiger partial charge is 0.302 e. The van der Waals surface area contributed by atoms with Crippen LogP contribution in [0.15, 0.2) is 0 Å². The van der Waals surface area contributed by atoms with Gasteiger partial charge in [0.2, 0.25) is 0 Å². The van der Waals surface area contributed by atoms with Gasteiger partial charge in [0.1, 0.15) is 19.0 Å². The van der Waals surface area contributed by atoms with E-state index in [1.807, 2.05) is 13.8 Å². The van der Waals surface area contributed by atoms with Crippen molar-refractivity contribution < 1.29 is 40.3 Å². The van der Waals surface area contributed by atoms with Crippen molar-refractivity contribution in [2.24, 2.45) is 0 Å². The monoisotopic (exact) mass is 450 g/mol. The van der Waals surface area contributed by atoms with Crippen LogP contribution in [0.3, 0.4) is 0 Å². The summed E-state index contributed by atoms with van der Waals surface area (Å²) in [5, 5.41) is 0. The van der Waals surface area contributed by atoms with Crippen LogP contribution in [0.2, 0.25) is 0 Å². The topological polar surface area (TPSA) is 114 Å². The standard InChI is InChI=1S/C18H26O9S2/c1-11-12(2)17-15(13(3)16(11)26-27-28(5)20)7-8-18(25-17,9-23-14(4)19)10-24-29(6,21)22/h7-10H2,1-6H3/t18-,28?/m1/s1. The van der Waals surface area contributed by atoms with Crippen LogP contribution < -0.4 is 9.62 Å². The number of rotatable bonds is 8. The Morgan fingerprint density at radius 3 is 2.38 bits per heavy atom. The number of hydrogen-bond donors (Lipinski definition) is 0. The van der Waals surface area contributed by atoms with Gasteiger partial charge in [0.25, 0.3) is 10.1 Å². The van der Waals surface area contributed by atoms with Gasteiger partial charge in [-0.15, -0.1) is 0 Å². The highest BCUT2D eigenvalue weighted by molar-refractivity contribution is 7.86. The average molecular weight is 451 g/mol. The highest BCUT2D eigenvalue weighted by atomic mass is 32.2. The van der Waals surface area contributed by atoms with Crippen molar-refractivity contribution in [1.82, 2.24) is 0 Å². The van der Waals surface area contributed by atoms with Gasteiger partial charge >= 0.3 is 5.97 Å². The van der Waals surface area contributed by atoms with Gasteiger partial charge in [-0.1, -0.05) is 4.33 Å². The maximum Gasteiger partial charge on any atom is 0.302 e. The van der Waals surface area contributed by atoms with Crippen LogP contribution in [0.25, 0.3) is 0 Å². The maximum absolute atomic E-state index is 11.5. The summed E-state index contributed by atoms with van der Waals surface area (Å²) < 4.78 is 55.4. The Hall–Kier alpha value is -1.69. The van der Waals surface area contributed by atoms with Crippen molar-refractivity contribution in [1.29, 1.82) is 0 Å². The molecular weight excluding hydrogens is 424 g/mol. The van der Waals surface area contributed by atoms with Crippen LogP contribution in [0, 0.1) is 20.8 Å². The normalized spacial score (nSPS) is 19.8. The molecular formula is C18H26O9S2. The van der Waals surface area contributed by atoms with Crippen molar-refractivity contribution in [3.05, 3.63) is 22.3 Å². The molecule has 0 aromatic heterocycles. The van der Waals surface area contributed by atoms with Gasteiger partial charge in [-0.3, -0.25) is 8.98 Å². The zero-order valence-electron chi connectivity index (χ0n) is 17.3. The van der Waals surface area contributed by atoms with E-state index in [0.717, 1.165) is 28.5 Å². The highest BCUT2D eigenvalue weighted by Gasteiger charge is 2.41. The van der Waals surface area contributed by atoms with Gasteiger partial charge in [-0.25, -0.2) is 4.21 Å². The first-order valence-electron chi connectivity index (χ1n) is 8.83. The van der Waals surface area contributed by atoms with Crippen LogP contribution >= 0.6 is 0 Å². The molecule has 0 fully saturated rings. The predicted molar refractivity (Wildman–Crippen MR) is 106 cm³/mol. The number of esters is 1. The summed E-state index contributed by atoms with van der Waals surface area (Å²) >= 11 is -1.60. The van der Waals surface area contributed by atoms with Crippen molar-refractivity contribution in [3.8, 4) is 11.5 Å². The van der Waals surface area contributed by atoms with Crippen molar-refractivity contribution >= 4 is 27.2 Å². The fourth-order valence-electron chi connectivity index (χ4n) is 3.11. The lowest BCUT2D eigenvalue weighted by atomic mass is 9.87. The number of fused-ring (bicyclic) bond motifs is 1. The number of carbonyl (C=O) groups is 1. The fourth-order valence-corrected chi connectivity index (χ4v) is 3.71. The van der Waals surface area contributed by atoms with E-state index in [-0.39, 0.29) is 13.2 Å². The summed E-state index contributed by atoms with van der Waals surface area (Å²) in [5.74, 6) is 0.510. The van der Waals surface area contributed by atoms with Gasteiger partial charge in [0.15, 0.2) is 22.4 Å². The van der Waals surface area contributed by atoms with Gasteiger partial charge in [-0.2, -0.15) is 8.42 Å². The first-order valence-corrected chi connectivity index (χ1v) is 12.1. The second-order valence-electron chi connectivity index (χ2n) is 7.10. The summed E-state index contributed by atoms with van der Waals surface area (Å²) in [7, 11) is -3.71. The minimum atomic E-state index is -3.71. The minimum absolute atomic E-state index is 0.148. The summed E-state index contributed by atoms with van der Waals surface area (Å²) in [6.45, 7) is 6.29. The van der Waals surface area contributed by atoms with E-state index in [1.165, 1.54) is 13.2 Å². The Kier molecular flexibility index (Phi) is 7.31. The third-order valence-electron chi connectivity index (χ3n) is 4.75. The largest absolute Gasteiger partial charge is 0.481 e. The van der Waals surface area contributed by atoms with E-state index in [9.17, 15) is 17.4 Å². The van der Waals surface area contributed by atoms with Crippen molar-refractivity contribution in [2.75, 3.05) is 25.7 Å². The lowest BCUT2D eigenvalue weighted by Gasteiger charge is -2.39. The first kappa shape index (κ1) is 23.6. The Balaban J connectivity index is 2.43. The number of carbonyl (C=O) groups excluding carboxylic acids is 1. The zero-order valence-corrected chi connectivity index (χ0v) is 19.0. The molecule has 9 nitrogen and oxygen atoms in total. The lowest BCUT2D eigenvalue weighted by molar-refractivity contribution is -0.149. The Morgan fingerprint density at radius 2 is 1.83 bits per heavy atom. The quantitative estimate of drug-likeness (QED) is 0.253.